The smallest absolute Gasteiger partial charge is 0.391 e. The highest BCUT2D eigenvalue weighted by atomic mass is 19.4. The number of anilines is 1. The van der Waals surface area contributed by atoms with Crippen LogP contribution in [0.5, 0.6) is 0 Å². The van der Waals surface area contributed by atoms with Gasteiger partial charge >= 0.3 is 6.18 Å². The van der Waals surface area contributed by atoms with Gasteiger partial charge in [0.1, 0.15) is 0 Å². The molecule has 0 radical (unpaired) electrons. The molecule has 0 fully saturated rings. The first-order valence-electron chi connectivity index (χ1n) is 5.61. The fourth-order valence-electron chi connectivity index (χ4n) is 1.62. The first-order chi connectivity index (χ1) is 8.34. The number of hydrogen-bond donors (Lipinski definition) is 2. The fourth-order valence-corrected chi connectivity index (χ4v) is 1.62. The normalized spacial score (nSPS) is 13.4. The summed E-state index contributed by atoms with van der Waals surface area (Å²) in [6.07, 6.45) is -4.58. The first kappa shape index (κ1) is 14.8. The van der Waals surface area contributed by atoms with Gasteiger partial charge in [-0.15, -0.1) is 0 Å². The van der Waals surface area contributed by atoms with Crippen molar-refractivity contribution >= 4 is 5.69 Å². The van der Waals surface area contributed by atoms with Gasteiger partial charge in [0, 0.05) is 19.3 Å². The number of likely N-dealkylation sites (N-methyl/N-ethyl adjacent to an activating group) is 1. The van der Waals surface area contributed by atoms with Crippen LogP contribution in [-0.2, 0) is 6.18 Å². The molecule has 1 rings (SSSR count). The summed E-state index contributed by atoms with van der Waals surface area (Å²) in [7, 11) is 1.63. The Morgan fingerprint density at radius 3 is 2.61 bits per heavy atom. The third kappa shape index (κ3) is 4.19. The maximum absolute atomic E-state index is 12.5. The Labute approximate surface area is 104 Å². The molecule has 3 nitrogen and oxygen atoms in total. The largest absolute Gasteiger partial charge is 0.416 e. The standard InChI is InChI=1S/C12H17F3N2O/c1-17(8-11(18)5-6-16)10-4-2-3-9(7-10)12(13,14)15/h2-4,7,11,18H,5-6,8,16H2,1H3. The van der Waals surface area contributed by atoms with E-state index in [1.807, 2.05) is 0 Å². The van der Waals surface area contributed by atoms with Crippen molar-refractivity contribution in [3.8, 4) is 0 Å². The van der Waals surface area contributed by atoms with Gasteiger partial charge < -0.3 is 15.7 Å². The molecule has 102 valence electrons. The first-order valence-corrected chi connectivity index (χ1v) is 5.61. The predicted octanol–water partition coefficient (Wildman–Crippen LogP) is 1.85. The summed E-state index contributed by atoms with van der Waals surface area (Å²) in [5, 5.41) is 9.57. The summed E-state index contributed by atoms with van der Waals surface area (Å²) in [6.45, 7) is 0.593. The zero-order valence-corrected chi connectivity index (χ0v) is 10.1. The van der Waals surface area contributed by atoms with Crippen LogP contribution in [0.2, 0.25) is 0 Å². The molecule has 3 N–H and O–H groups in total. The quantitative estimate of drug-likeness (QED) is 0.851. The fraction of sp³-hybridized carbons (Fsp3) is 0.500. The van der Waals surface area contributed by atoms with Crippen LogP contribution in [0.4, 0.5) is 18.9 Å². The lowest BCUT2D eigenvalue weighted by Crippen LogP contribution is -2.30. The molecule has 0 amide bonds. The van der Waals surface area contributed by atoms with Crippen molar-refractivity contribution in [2.75, 3.05) is 25.0 Å². The molecule has 0 aliphatic carbocycles. The average molecular weight is 262 g/mol. The monoisotopic (exact) mass is 262 g/mol. The molecular weight excluding hydrogens is 245 g/mol. The van der Waals surface area contributed by atoms with Gasteiger partial charge in [-0.3, -0.25) is 0 Å². The van der Waals surface area contributed by atoms with Crippen molar-refractivity contribution in [3.05, 3.63) is 29.8 Å². The number of aliphatic hydroxyl groups excluding tert-OH is 1. The van der Waals surface area contributed by atoms with E-state index in [2.05, 4.69) is 0 Å². The summed E-state index contributed by atoms with van der Waals surface area (Å²) < 4.78 is 37.6. The molecule has 0 saturated heterocycles. The number of hydrogen-bond acceptors (Lipinski definition) is 3. The minimum absolute atomic E-state index is 0.249. The number of rotatable bonds is 5. The molecule has 1 atom stereocenters. The molecule has 18 heavy (non-hydrogen) atoms. The number of halogens is 3. The van der Waals surface area contributed by atoms with Crippen molar-refractivity contribution < 1.29 is 18.3 Å². The molecule has 6 heteroatoms. The summed E-state index contributed by atoms with van der Waals surface area (Å²) in [5.74, 6) is 0. The second-order valence-corrected chi connectivity index (χ2v) is 4.16. The van der Waals surface area contributed by atoms with E-state index in [1.165, 1.54) is 6.07 Å². The third-order valence-corrected chi connectivity index (χ3v) is 2.60. The number of nitrogens with zero attached hydrogens (tertiary/aromatic N) is 1. The Balaban J connectivity index is 2.77. The molecule has 0 bridgehead atoms. The van der Waals surface area contributed by atoms with Gasteiger partial charge in [-0.25, -0.2) is 0 Å². The highest BCUT2D eigenvalue weighted by Gasteiger charge is 2.30. The van der Waals surface area contributed by atoms with Crippen molar-refractivity contribution in [3.63, 3.8) is 0 Å². The lowest BCUT2D eigenvalue weighted by molar-refractivity contribution is -0.137. The van der Waals surface area contributed by atoms with E-state index in [0.717, 1.165) is 12.1 Å². The van der Waals surface area contributed by atoms with Crippen molar-refractivity contribution in [2.45, 2.75) is 18.7 Å². The minimum Gasteiger partial charge on any atom is -0.391 e. The Hall–Kier alpha value is -1.27. The van der Waals surface area contributed by atoms with Crippen LogP contribution in [0.3, 0.4) is 0 Å². The number of nitrogens with two attached hydrogens (primary N) is 1. The highest BCUT2D eigenvalue weighted by Crippen LogP contribution is 2.31. The summed E-state index contributed by atoms with van der Waals surface area (Å²) in [4.78, 5) is 1.58. The van der Waals surface area contributed by atoms with Gasteiger partial charge in [0.15, 0.2) is 0 Å². The Morgan fingerprint density at radius 2 is 2.06 bits per heavy atom. The van der Waals surface area contributed by atoms with Crippen LogP contribution in [0, 0.1) is 0 Å². The third-order valence-electron chi connectivity index (χ3n) is 2.60. The van der Waals surface area contributed by atoms with Gasteiger partial charge in [0.05, 0.1) is 11.7 Å². The number of aliphatic hydroxyl groups is 1. The molecule has 1 unspecified atom stereocenters. The second kappa shape index (κ2) is 6.06. The zero-order chi connectivity index (χ0) is 13.8. The summed E-state index contributed by atoms with van der Waals surface area (Å²) >= 11 is 0. The zero-order valence-electron chi connectivity index (χ0n) is 10.1. The molecule has 0 aliphatic rings. The minimum atomic E-state index is -4.35. The van der Waals surface area contributed by atoms with Crippen molar-refractivity contribution in [1.29, 1.82) is 0 Å². The van der Waals surface area contributed by atoms with Crippen LogP contribution < -0.4 is 10.6 Å². The van der Waals surface area contributed by atoms with E-state index < -0.39 is 17.8 Å². The maximum atomic E-state index is 12.5. The maximum Gasteiger partial charge on any atom is 0.416 e. The SMILES string of the molecule is CN(CC(O)CCN)c1cccc(C(F)(F)F)c1. The van der Waals surface area contributed by atoms with E-state index in [0.29, 0.717) is 18.7 Å². The van der Waals surface area contributed by atoms with Gasteiger partial charge in [0.25, 0.3) is 0 Å². The van der Waals surface area contributed by atoms with Gasteiger partial charge in [-0.05, 0) is 31.2 Å². The molecule has 1 aromatic carbocycles. The molecule has 0 spiro atoms. The lowest BCUT2D eigenvalue weighted by atomic mass is 10.1. The van der Waals surface area contributed by atoms with E-state index in [4.69, 9.17) is 5.73 Å². The second-order valence-electron chi connectivity index (χ2n) is 4.16. The average Bonchev–Trinajstić information content (AvgIpc) is 2.28. The van der Waals surface area contributed by atoms with E-state index >= 15 is 0 Å². The van der Waals surface area contributed by atoms with E-state index in [1.54, 1.807) is 18.0 Å². The lowest BCUT2D eigenvalue weighted by Gasteiger charge is -2.23. The number of benzene rings is 1. The molecule has 0 aromatic heterocycles. The van der Waals surface area contributed by atoms with Gasteiger partial charge in [-0.1, -0.05) is 6.07 Å². The Morgan fingerprint density at radius 1 is 1.39 bits per heavy atom. The van der Waals surface area contributed by atoms with Gasteiger partial charge in [0.2, 0.25) is 0 Å². The van der Waals surface area contributed by atoms with Gasteiger partial charge in [-0.2, -0.15) is 13.2 Å². The van der Waals surface area contributed by atoms with Crippen LogP contribution in [0.15, 0.2) is 24.3 Å². The molecule has 0 aliphatic heterocycles. The topological polar surface area (TPSA) is 49.5 Å². The van der Waals surface area contributed by atoms with E-state index in [9.17, 15) is 18.3 Å². The highest BCUT2D eigenvalue weighted by molar-refractivity contribution is 5.48. The summed E-state index contributed by atoms with van der Waals surface area (Å²) in [6, 6.07) is 5.01. The predicted molar refractivity (Wildman–Crippen MR) is 64.4 cm³/mol. The molecular formula is C12H17F3N2O. The number of alkyl halides is 3. The van der Waals surface area contributed by atoms with Crippen LogP contribution >= 0.6 is 0 Å². The molecule has 0 saturated carbocycles. The van der Waals surface area contributed by atoms with Crippen LogP contribution in [0.25, 0.3) is 0 Å². The molecule has 0 heterocycles. The van der Waals surface area contributed by atoms with Crippen LogP contribution in [0.1, 0.15) is 12.0 Å². The Kier molecular flexibility index (Phi) is 4.98. The molecule has 1 aromatic rings. The van der Waals surface area contributed by atoms with E-state index in [-0.39, 0.29) is 6.54 Å². The summed E-state index contributed by atoms with van der Waals surface area (Å²) in [5.41, 5.74) is 5.02. The van der Waals surface area contributed by atoms with Crippen LogP contribution in [-0.4, -0.2) is 31.3 Å². The van der Waals surface area contributed by atoms with Crippen molar-refractivity contribution in [2.24, 2.45) is 5.73 Å². The Bertz CT molecular complexity index is 382. The van der Waals surface area contributed by atoms with Crippen molar-refractivity contribution in [1.82, 2.24) is 0 Å².